The number of carbonyl (C=O) groups excluding carboxylic acids is 1. The molecule has 1 amide bonds. The molecule has 0 spiro atoms. The number of aliphatic hydroxyl groups is 1. The summed E-state index contributed by atoms with van der Waals surface area (Å²) < 4.78 is 4.97. The minimum atomic E-state index is -0.106. The normalized spacial score (nSPS) is 10.2. The maximum atomic E-state index is 12.3. The molecule has 2 N–H and O–H groups in total. The maximum absolute atomic E-state index is 12.3. The highest BCUT2D eigenvalue weighted by Crippen LogP contribution is 2.16. The lowest BCUT2D eigenvalue weighted by Crippen LogP contribution is -2.36. The van der Waals surface area contributed by atoms with Gasteiger partial charge in [-0.15, -0.1) is 0 Å². The number of nitrogens with zero attached hydrogens (tertiary/aromatic N) is 1. The van der Waals surface area contributed by atoms with Crippen LogP contribution in [0.4, 0.5) is 5.69 Å². The van der Waals surface area contributed by atoms with Crippen LogP contribution in [-0.2, 0) is 4.74 Å². The van der Waals surface area contributed by atoms with Gasteiger partial charge in [0.2, 0.25) is 0 Å². The first-order valence-corrected chi connectivity index (χ1v) is 5.90. The van der Waals surface area contributed by atoms with Crippen LogP contribution < -0.4 is 5.32 Å². The molecule has 5 heteroatoms. The molecule has 0 atom stereocenters. The summed E-state index contributed by atoms with van der Waals surface area (Å²) in [6.07, 6.45) is 0. The van der Waals surface area contributed by atoms with E-state index >= 15 is 0 Å². The first-order valence-electron chi connectivity index (χ1n) is 5.90. The van der Waals surface area contributed by atoms with E-state index < -0.39 is 0 Å². The number of benzene rings is 1. The Bertz CT molecular complexity index is 382. The van der Waals surface area contributed by atoms with E-state index in [0.717, 1.165) is 5.69 Å². The summed E-state index contributed by atoms with van der Waals surface area (Å²) in [6.45, 7) is 1.17. The standard InChI is InChI=1S/C13H20N2O3/c1-14-12-6-4-3-5-11(12)13(17)15(7-9-16)8-10-18-2/h3-6,14,16H,7-10H2,1-2H3. The quantitative estimate of drug-likeness (QED) is 0.754. The minimum absolute atomic E-state index is 0.0584. The van der Waals surface area contributed by atoms with Crippen molar-refractivity contribution in [3.8, 4) is 0 Å². The fourth-order valence-electron chi connectivity index (χ4n) is 1.70. The van der Waals surface area contributed by atoms with E-state index in [1.807, 2.05) is 18.2 Å². The van der Waals surface area contributed by atoms with E-state index in [-0.39, 0.29) is 12.5 Å². The van der Waals surface area contributed by atoms with E-state index in [0.29, 0.717) is 25.3 Å². The summed E-state index contributed by atoms with van der Waals surface area (Å²) in [4.78, 5) is 13.9. The Kier molecular flexibility index (Phi) is 6.18. The van der Waals surface area contributed by atoms with Gasteiger partial charge in [0.15, 0.2) is 0 Å². The monoisotopic (exact) mass is 252 g/mol. The molecule has 0 aromatic heterocycles. The van der Waals surface area contributed by atoms with Crippen LogP contribution in [-0.4, -0.2) is 56.4 Å². The zero-order valence-corrected chi connectivity index (χ0v) is 10.8. The van der Waals surface area contributed by atoms with Crippen LogP contribution in [0.2, 0.25) is 0 Å². The lowest BCUT2D eigenvalue weighted by Gasteiger charge is -2.22. The Morgan fingerprint density at radius 1 is 1.39 bits per heavy atom. The Morgan fingerprint density at radius 3 is 2.72 bits per heavy atom. The van der Waals surface area contributed by atoms with Crippen molar-refractivity contribution in [3.05, 3.63) is 29.8 Å². The van der Waals surface area contributed by atoms with Gasteiger partial charge in [0.05, 0.1) is 18.8 Å². The molecule has 0 fully saturated rings. The summed E-state index contributed by atoms with van der Waals surface area (Å²) in [5.41, 5.74) is 1.38. The fourth-order valence-corrected chi connectivity index (χ4v) is 1.70. The number of hydrogen-bond acceptors (Lipinski definition) is 4. The Labute approximate surface area is 107 Å². The molecular weight excluding hydrogens is 232 g/mol. The maximum Gasteiger partial charge on any atom is 0.256 e. The number of carbonyl (C=O) groups is 1. The van der Waals surface area contributed by atoms with E-state index in [2.05, 4.69) is 5.32 Å². The largest absolute Gasteiger partial charge is 0.395 e. The van der Waals surface area contributed by atoms with Gasteiger partial charge in [-0.25, -0.2) is 0 Å². The van der Waals surface area contributed by atoms with E-state index in [1.54, 1.807) is 25.1 Å². The van der Waals surface area contributed by atoms with Crippen LogP contribution in [0.1, 0.15) is 10.4 Å². The first-order chi connectivity index (χ1) is 8.74. The molecule has 0 saturated carbocycles. The second kappa shape index (κ2) is 7.68. The van der Waals surface area contributed by atoms with E-state index in [1.165, 1.54) is 0 Å². The topological polar surface area (TPSA) is 61.8 Å². The number of aliphatic hydroxyl groups excluding tert-OH is 1. The van der Waals surface area contributed by atoms with E-state index in [9.17, 15) is 4.79 Å². The lowest BCUT2D eigenvalue weighted by atomic mass is 10.1. The number of para-hydroxylation sites is 1. The van der Waals surface area contributed by atoms with Crippen molar-refractivity contribution in [2.75, 3.05) is 45.8 Å². The molecule has 0 bridgehead atoms. The molecule has 0 saturated heterocycles. The van der Waals surface area contributed by atoms with Crippen molar-refractivity contribution < 1.29 is 14.6 Å². The van der Waals surface area contributed by atoms with Gasteiger partial charge in [-0.2, -0.15) is 0 Å². The number of ether oxygens (including phenoxy) is 1. The Balaban J connectivity index is 2.86. The third-order valence-corrected chi connectivity index (χ3v) is 2.65. The molecule has 1 aromatic carbocycles. The summed E-state index contributed by atoms with van der Waals surface area (Å²) in [5.74, 6) is -0.106. The summed E-state index contributed by atoms with van der Waals surface area (Å²) in [7, 11) is 3.36. The van der Waals surface area contributed by atoms with Crippen LogP contribution in [0.15, 0.2) is 24.3 Å². The van der Waals surface area contributed by atoms with Gasteiger partial charge in [-0.05, 0) is 12.1 Å². The second-order valence-electron chi connectivity index (χ2n) is 3.80. The molecule has 0 unspecified atom stereocenters. The molecule has 5 nitrogen and oxygen atoms in total. The number of anilines is 1. The average Bonchev–Trinajstić information content (AvgIpc) is 2.42. The van der Waals surface area contributed by atoms with Crippen molar-refractivity contribution in [1.29, 1.82) is 0 Å². The molecule has 100 valence electrons. The zero-order chi connectivity index (χ0) is 13.4. The summed E-state index contributed by atoms with van der Waals surface area (Å²) in [6, 6.07) is 7.31. The van der Waals surface area contributed by atoms with Crippen LogP contribution in [0.3, 0.4) is 0 Å². The highest BCUT2D eigenvalue weighted by atomic mass is 16.5. The molecule has 0 aliphatic carbocycles. The van der Waals surface area contributed by atoms with Crippen LogP contribution in [0, 0.1) is 0 Å². The molecule has 0 heterocycles. The van der Waals surface area contributed by atoms with Crippen molar-refractivity contribution in [2.24, 2.45) is 0 Å². The summed E-state index contributed by atoms with van der Waals surface area (Å²) in [5, 5.41) is 12.0. The van der Waals surface area contributed by atoms with Crippen molar-refractivity contribution in [1.82, 2.24) is 4.90 Å². The predicted octanol–water partition coefficient (Wildman–Crippen LogP) is 0.809. The number of rotatable bonds is 7. The van der Waals surface area contributed by atoms with Crippen molar-refractivity contribution in [2.45, 2.75) is 0 Å². The molecule has 18 heavy (non-hydrogen) atoms. The smallest absolute Gasteiger partial charge is 0.256 e. The third-order valence-electron chi connectivity index (χ3n) is 2.65. The molecule has 0 aliphatic heterocycles. The average molecular weight is 252 g/mol. The Morgan fingerprint density at radius 2 is 2.11 bits per heavy atom. The summed E-state index contributed by atoms with van der Waals surface area (Å²) >= 11 is 0. The molecule has 1 aromatic rings. The number of amides is 1. The molecule has 0 aliphatic rings. The highest BCUT2D eigenvalue weighted by Gasteiger charge is 2.17. The van der Waals surface area contributed by atoms with Gasteiger partial charge in [0, 0.05) is 32.9 Å². The van der Waals surface area contributed by atoms with E-state index in [4.69, 9.17) is 9.84 Å². The second-order valence-corrected chi connectivity index (χ2v) is 3.80. The Hall–Kier alpha value is -1.59. The van der Waals surface area contributed by atoms with Gasteiger partial charge < -0.3 is 20.1 Å². The molecule has 1 rings (SSSR count). The number of methoxy groups -OCH3 is 1. The van der Waals surface area contributed by atoms with Crippen molar-refractivity contribution >= 4 is 11.6 Å². The minimum Gasteiger partial charge on any atom is -0.395 e. The zero-order valence-electron chi connectivity index (χ0n) is 10.8. The van der Waals surface area contributed by atoms with Gasteiger partial charge in [-0.1, -0.05) is 12.1 Å². The lowest BCUT2D eigenvalue weighted by molar-refractivity contribution is 0.0657. The highest BCUT2D eigenvalue weighted by molar-refractivity contribution is 5.99. The van der Waals surface area contributed by atoms with Gasteiger partial charge in [0.25, 0.3) is 5.91 Å². The van der Waals surface area contributed by atoms with Crippen LogP contribution in [0.5, 0.6) is 0 Å². The third kappa shape index (κ3) is 3.72. The van der Waals surface area contributed by atoms with Crippen LogP contribution in [0.25, 0.3) is 0 Å². The van der Waals surface area contributed by atoms with Crippen molar-refractivity contribution in [3.63, 3.8) is 0 Å². The van der Waals surface area contributed by atoms with Crippen LogP contribution >= 0.6 is 0 Å². The molecule has 0 radical (unpaired) electrons. The van der Waals surface area contributed by atoms with Gasteiger partial charge in [-0.3, -0.25) is 4.79 Å². The molecular formula is C13H20N2O3. The number of nitrogens with one attached hydrogen (secondary N) is 1. The SMILES string of the molecule is CNc1ccccc1C(=O)N(CCO)CCOC. The number of hydrogen-bond donors (Lipinski definition) is 2. The van der Waals surface area contributed by atoms with Gasteiger partial charge in [0.1, 0.15) is 0 Å². The fraction of sp³-hybridized carbons (Fsp3) is 0.462. The predicted molar refractivity (Wildman–Crippen MR) is 70.9 cm³/mol. The van der Waals surface area contributed by atoms with Gasteiger partial charge >= 0.3 is 0 Å². The first kappa shape index (κ1) is 14.5.